The van der Waals surface area contributed by atoms with Gasteiger partial charge in [0.15, 0.2) is 0 Å². The molecule has 0 atom stereocenters. The zero-order valence-electron chi connectivity index (χ0n) is 8.66. The van der Waals surface area contributed by atoms with Crippen molar-refractivity contribution in [1.82, 2.24) is 5.16 Å². The Kier molecular flexibility index (Phi) is 1.87. The van der Waals surface area contributed by atoms with Crippen molar-refractivity contribution in [2.24, 2.45) is 10.6 Å². The normalized spacial score (nSPS) is 22.4. The quantitative estimate of drug-likeness (QED) is 0.508. The summed E-state index contributed by atoms with van der Waals surface area (Å²) < 4.78 is 5.21. The van der Waals surface area contributed by atoms with Gasteiger partial charge >= 0.3 is 0 Å². The van der Waals surface area contributed by atoms with Crippen molar-refractivity contribution in [3.8, 4) is 0 Å². The molecule has 4 nitrogen and oxygen atoms in total. The van der Waals surface area contributed by atoms with Gasteiger partial charge in [-0.2, -0.15) is 0 Å². The SMILES string of the molecule is Cc1noc2c1/C(=N\O)CC(C)(C)C2. The van der Waals surface area contributed by atoms with Crippen LogP contribution in [0.15, 0.2) is 9.68 Å². The van der Waals surface area contributed by atoms with Gasteiger partial charge in [0.25, 0.3) is 0 Å². The summed E-state index contributed by atoms with van der Waals surface area (Å²) in [5, 5.41) is 16.2. The summed E-state index contributed by atoms with van der Waals surface area (Å²) in [6, 6.07) is 0. The molecule has 0 aliphatic heterocycles. The number of nitrogens with zero attached hydrogens (tertiary/aromatic N) is 2. The molecule has 0 amide bonds. The van der Waals surface area contributed by atoms with Crippen molar-refractivity contribution in [2.45, 2.75) is 33.6 Å². The molecule has 1 heterocycles. The Balaban J connectivity index is 2.54. The Bertz CT molecular complexity index is 391. The zero-order chi connectivity index (χ0) is 10.3. The average molecular weight is 194 g/mol. The Morgan fingerprint density at radius 3 is 2.79 bits per heavy atom. The first-order valence-corrected chi connectivity index (χ1v) is 4.70. The number of hydrogen-bond donors (Lipinski definition) is 1. The molecule has 1 aliphatic rings. The van der Waals surface area contributed by atoms with E-state index in [1.165, 1.54) is 0 Å². The third kappa shape index (κ3) is 1.31. The van der Waals surface area contributed by atoms with Crippen LogP contribution in [-0.4, -0.2) is 16.1 Å². The van der Waals surface area contributed by atoms with Crippen LogP contribution < -0.4 is 0 Å². The number of oxime groups is 1. The summed E-state index contributed by atoms with van der Waals surface area (Å²) in [7, 11) is 0. The lowest BCUT2D eigenvalue weighted by atomic mass is 9.76. The van der Waals surface area contributed by atoms with E-state index in [9.17, 15) is 0 Å². The van der Waals surface area contributed by atoms with Gasteiger partial charge in [0.1, 0.15) is 5.76 Å². The third-order valence-corrected chi connectivity index (χ3v) is 2.63. The van der Waals surface area contributed by atoms with Gasteiger partial charge in [0.2, 0.25) is 0 Å². The van der Waals surface area contributed by atoms with Crippen LogP contribution in [0.3, 0.4) is 0 Å². The van der Waals surface area contributed by atoms with Crippen LogP contribution in [0.5, 0.6) is 0 Å². The van der Waals surface area contributed by atoms with E-state index >= 15 is 0 Å². The Morgan fingerprint density at radius 1 is 1.43 bits per heavy atom. The van der Waals surface area contributed by atoms with Crippen LogP contribution in [-0.2, 0) is 6.42 Å². The second kappa shape index (κ2) is 2.83. The molecule has 0 saturated carbocycles. The first-order valence-electron chi connectivity index (χ1n) is 4.70. The molecular weight excluding hydrogens is 180 g/mol. The van der Waals surface area contributed by atoms with Gasteiger partial charge in [-0.05, 0) is 18.8 Å². The minimum Gasteiger partial charge on any atom is -0.411 e. The van der Waals surface area contributed by atoms with E-state index in [0.29, 0.717) is 5.71 Å². The maximum absolute atomic E-state index is 8.93. The highest BCUT2D eigenvalue weighted by Crippen LogP contribution is 2.36. The highest BCUT2D eigenvalue weighted by molar-refractivity contribution is 6.03. The summed E-state index contributed by atoms with van der Waals surface area (Å²) in [5.41, 5.74) is 2.48. The molecule has 14 heavy (non-hydrogen) atoms. The van der Waals surface area contributed by atoms with Crippen LogP contribution in [0.1, 0.15) is 37.3 Å². The molecule has 1 aliphatic carbocycles. The van der Waals surface area contributed by atoms with E-state index in [1.54, 1.807) is 0 Å². The summed E-state index contributed by atoms with van der Waals surface area (Å²) in [6.07, 6.45) is 1.61. The minimum absolute atomic E-state index is 0.0839. The second-order valence-electron chi connectivity index (χ2n) is 4.63. The predicted molar refractivity (Wildman–Crippen MR) is 51.7 cm³/mol. The van der Waals surface area contributed by atoms with Crippen molar-refractivity contribution in [3.05, 3.63) is 17.0 Å². The molecule has 0 aromatic carbocycles. The predicted octanol–water partition coefficient (Wildman–Crippen LogP) is 2.13. The van der Waals surface area contributed by atoms with E-state index in [-0.39, 0.29) is 5.41 Å². The smallest absolute Gasteiger partial charge is 0.146 e. The van der Waals surface area contributed by atoms with Crippen LogP contribution >= 0.6 is 0 Å². The number of hydrogen-bond acceptors (Lipinski definition) is 4. The molecule has 1 N–H and O–H groups in total. The summed E-state index contributed by atoms with van der Waals surface area (Å²) in [6.45, 7) is 6.11. The molecule has 0 fully saturated rings. The van der Waals surface area contributed by atoms with Crippen LogP contribution in [0.25, 0.3) is 0 Å². The van der Waals surface area contributed by atoms with Crippen LogP contribution in [0, 0.1) is 12.3 Å². The number of rotatable bonds is 0. The van der Waals surface area contributed by atoms with Crippen molar-refractivity contribution >= 4 is 5.71 Å². The average Bonchev–Trinajstić information content (AvgIpc) is 2.44. The fourth-order valence-corrected chi connectivity index (χ4v) is 2.03. The molecule has 2 rings (SSSR count). The topological polar surface area (TPSA) is 58.6 Å². The molecule has 0 radical (unpaired) electrons. The number of aryl methyl sites for hydroxylation is 1. The van der Waals surface area contributed by atoms with Crippen LogP contribution in [0.4, 0.5) is 0 Å². The van der Waals surface area contributed by atoms with Gasteiger partial charge in [-0.3, -0.25) is 0 Å². The molecule has 0 bridgehead atoms. The maximum atomic E-state index is 8.93. The highest BCUT2D eigenvalue weighted by atomic mass is 16.5. The number of fused-ring (bicyclic) bond motifs is 1. The Morgan fingerprint density at radius 2 is 2.14 bits per heavy atom. The van der Waals surface area contributed by atoms with Crippen molar-refractivity contribution in [1.29, 1.82) is 0 Å². The van der Waals surface area contributed by atoms with Crippen LogP contribution in [0.2, 0.25) is 0 Å². The summed E-state index contributed by atoms with van der Waals surface area (Å²) in [5.74, 6) is 0.839. The van der Waals surface area contributed by atoms with E-state index in [2.05, 4.69) is 24.2 Å². The fourth-order valence-electron chi connectivity index (χ4n) is 2.03. The summed E-state index contributed by atoms with van der Waals surface area (Å²) in [4.78, 5) is 0. The van der Waals surface area contributed by atoms with Gasteiger partial charge < -0.3 is 9.73 Å². The molecule has 1 aromatic rings. The van der Waals surface area contributed by atoms with Gasteiger partial charge in [-0.1, -0.05) is 24.2 Å². The van der Waals surface area contributed by atoms with Crippen molar-refractivity contribution in [2.75, 3.05) is 0 Å². The van der Waals surface area contributed by atoms with E-state index in [4.69, 9.17) is 9.73 Å². The highest BCUT2D eigenvalue weighted by Gasteiger charge is 2.34. The van der Waals surface area contributed by atoms with Gasteiger partial charge in [-0.25, -0.2) is 0 Å². The third-order valence-electron chi connectivity index (χ3n) is 2.63. The molecule has 0 unspecified atom stereocenters. The lowest BCUT2D eigenvalue weighted by molar-refractivity contribution is 0.285. The lowest BCUT2D eigenvalue weighted by Crippen LogP contribution is -2.26. The van der Waals surface area contributed by atoms with Gasteiger partial charge in [0, 0.05) is 6.42 Å². The molecule has 1 aromatic heterocycles. The van der Waals surface area contributed by atoms with Gasteiger partial charge in [-0.15, -0.1) is 0 Å². The first kappa shape index (κ1) is 9.24. The molecule has 76 valence electrons. The van der Waals surface area contributed by atoms with E-state index in [1.807, 2.05) is 6.92 Å². The molecular formula is C10H14N2O2. The monoisotopic (exact) mass is 194 g/mol. The molecule has 4 heteroatoms. The maximum Gasteiger partial charge on any atom is 0.146 e. The van der Waals surface area contributed by atoms with Gasteiger partial charge in [0.05, 0.1) is 17.0 Å². The Labute approximate surface area is 82.6 Å². The van der Waals surface area contributed by atoms with E-state index < -0.39 is 0 Å². The lowest BCUT2D eigenvalue weighted by Gasteiger charge is -2.28. The molecule has 0 saturated heterocycles. The summed E-state index contributed by atoms with van der Waals surface area (Å²) >= 11 is 0. The van der Waals surface area contributed by atoms with Crippen molar-refractivity contribution < 1.29 is 9.73 Å². The van der Waals surface area contributed by atoms with E-state index in [0.717, 1.165) is 29.9 Å². The number of aromatic nitrogens is 1. The largest absolute Gasteiger partial charge is 0.411 e. The molecule has 0 spiro atoms. The standard InChI is InChI=1S/C10H14N2O2/c1-6-9-7(11-13)4-10(2,3)5-8(9)14-12-6/h13H,4-5H2,1-3H3/b11-7-. The Hall–Kier alpha value is -1.32. The minimum atomic E-state index is 0.0839. The second-order valence-corrected chi connectivity index (χ2v) is 4.63. The first-order chi connectivity index (χ1) is 6.53. The fraction of sp³-hybridized carbons (Fsp3) is 0.600. The zero-order valence-corrected chi connectivity index (χ0v) is 8.66. The van der Waals surface area contributed by atoms with Crippen molar-refractivity contribution in [3.63, 3.8) is 0 Å².